The van der Waals surface area contributed by atoms with Crippen LogP contribution < -0.4 is 16.0 Å². The number of nitrogens with one attached hydrogen (secondary N) is 3. The van der Waals surface area contributed by atoms with Crippen LogP contribution in [0.4, 0.5) is 0 Å². The minimum atomic E-state index is -0.574. The topological polar surface area (TPSA) is 199 Å². The van der Waals surface area contributed by atoms with E-state index in [0.717, 1.165) is 4.90 Å². The van der Waals surface area contributed by atoms with Crippen LogP contribution in [0.25, 0.3) is 0 Å². The van der Waals surface area contributed by atoms with Crippen molar-refractivity contribution in [3.63, 3.8) is 0 Å². The third kappa shape index (κ3) is 25.6. The van der Waals surface area contributed by atoms with E-state index in [1.54, 1.807) is 0 Å². The molecule has 17 heteroatoms. The Balaban J connectivity index is 1.75. The van der Waals surface area contributed by atoms with Gasteiger partial charge in [-0.05, 0) is 19.8 Å². The highest BCUT2D eigenvalue weighted by Gasteiger charge is 2.25. The van der Waals surface area contributed by atoms with Crippen LogP contribution in [-0.4, -0.2) is 165 Å². The summed E-state index contributed by atoms with van der Waals surface area (Å²) in [6, 6.07) is -0.568. The van der Waals surface area contributed by atoms with Gasteiger partial charge in [0.15, 0.2) is 0 Å². The van der Waals surface area contributed by atoms with Gasteiger partial charge in [0.2, 0.25) is 17.7 Å². The molecule has 3 N–H and O–H groups in total. The molecule has 1 rings (SSSR count). The maximum absolute atomic E-state index is 12.2. The van der Waals surface area contributed by atoms with E-state index in [9.17, 15) is 24.0 Å². The second-order valence-corrected chi connectivity index (χ2v) is 11.9. The van der Waals surface area contributed by atoms with Gasteiger partial charge >= 0.3 is 0 Å². The van der Waals surface area contributed by atoms with Crippen molar-refractivity contribution >= 4 is 29.5 Å². The first-order chi connectivity index (χ1) is 24.6. The quantitative estimate of drug-likeness (QED) is 0.0572. The van der Waals surface area contributed by atoms with Gasteiger partial charge in [-0.1, -0.05) is 13.8 Å². The first-order valence-corrected chi connectivity index (χ1v) is 17.6. The van der Waals surface area contributed by atoms with Crippen LogP contribution in [0.1, 0.15) is 40.5 Å². The summed E-state index contributed by atoms with van der Waals surface area (Å²) in [6.07, 6.45) is 2.59. The van der Waals surface area contributed by atoms with Gasteiger partial charge in [-0.2, -0.15) is 0 Å². The van der Waals surface area contributed by atoms with E-state index in [4.69, 9.17) is 37.9 Å². The maximum atomic E-state index is 12.2. The molecule has 51 heavy (non-hydrogen) atoms. The smallest absolute Gasteiger partial charge is 0.253 e. The molecule has 0 aromatic heterocycles. The molecule has 0 saturated carbocycles. The molecular weight excluding hydrogens is 672 g/mol. The normalized spacial score (nSPS) is 13.4. The van der Waals surface area contributed by atoms with E-state index in [1.165, 1.54) is 12.2 Å². The van der Waals surface area contributed by atoms with Crippen LogP contribution in [0.3, 0.4) is 0 Å². The van der Waals surface area contributed by atoms with Crippen molar-refractivity contribution in [1.29, 1.82) is 0 Å². The predicted molar refractivity (Wildman–Crippen MR) is 185 cm³/mol. The maximum Gasteiger partial charge on any atom is 0.253 e. The molecule has 0 radical (unpaired) electrons. The lowest BCUT2D eigenvalue weighted by molar-refractivity contribution is -0.137. The molecule has 1 atom stereocenters. The summed E-state index contributed by atoms with van der Waals surface area (Å²) in [6.45, 7) is 14.4. The average molecular weight is 733 g/mol. The zero-order valence-electron chi connectivity index (χ0n) is 30.8. The second kappa shape index (κ2) is 30.6. The van der Waals surface area contributed by atoms with Crippen LogP contribution >= 0.6 is 0 Å². The Morgan fingerprint density at radius 1 is 0.549 bits per heavy atom. The van der Waals surface area contributed by atoms with Crippen LogP contribution in [0.15, 0.2) is 12.2 Å². The number of carbonyl (C=O) groups is 5. The number of hydrogen-bond donors (Lipinski definition) is 3. The molecule has 0 aliphatic carbocycles. The van der Waals surface area contributed by atoms with Crippen LogP contribution in [0.2, 0.25) is 0 Å². The van der Waals surface area contributed by atoms with E-state index in [1.807, 2.05) is 27.7 Å². The van der Waals surface area contributed by atoms with Gasteiger partial charge in [-0.25, -0.2) is 0 Å². The molecule has 17 nitrogen and oxygen atoms in total. The van der Waals surface area contributed by atoms with E-state index < -0.39 is 17.9 Å². The Bertz CT molecular complexity index is 995. The average Bonchev–Trinajstić information content (AvgIpc) is 3.41. The Morgan fingerprint density at radius 2 is 0.941 bits per heavy atom. The van der Waals surface area contributed by atoms with Gasteiger partial charge in [-0.15, -0.1) is 0 Å². The summed E-state index contributed by atoms with van der Waals surface area (Å²) in [5.41, 5.74) is 0. The van der Waals surface area contributed by atoms with Crippen molar-refractivity contribution in [3.8, 4) is 0 Å². The van der Waals surface area contributed by atoms with Crippen molar-refractivity contribution in [1.82, 2.24) is 20.9 Å². The molecule has 0 unspecified atom stereocenters. The third-order valence-electron chi connectivity index (χ3n) is 6.81. The van der Waals surface area contributed by atoms with Crippen LogP contribution in [0.5, 0.6) is 0 Å². The predicted octanol–water partition coefficient (Wildman–Crippen LogP) is -0.394. The lowest BCUT2D eigenvalue weighted by atomic mass is 10.0. The molecule has 0 aromatic carbocycles. The van der Waals surface area contributed by atoms with Crippen molar-refractivity contribution in [2.24, 2.45) is 5.92 Å². The van der Waals surface area contributed by atoms with Gasteiger partial charge < -0.3 is 53.8 Å². The van der Waals surface area contributed by atoms with E-state index in [2.05, 4.69) is 16.0 Å². The molecule has 0 spiro atoms. The minimum Gasteiger partial charge on any atom is -0.379 e. The summed E-state index contributed by atoms with van der Waals surface area (Å²) in [7, 11) is 0. The molecule has 0 saturated heterocycles. The lowest BCUT2D eigenvalue weighted by Gasteiger charge is -2.23. The largest absolute Gasteiger partial charge is 0.379 e. The number of rotatable bonds is 34. The Morgan fingerprint density at radius 3 is 1.33 bits per heavy atom. The molecule has 1 aliphatic rings. The van der Waals surface area contributed by atoms with E-state index >= 15 is 0 Å². The highest BCUT2D eigenvalue weighted by Crippen LogP contribution is 2.04. The van der Waals surface area contributed by atoms with E-state index in [0.29, 0.717) is 106 Å². The molecule has 5 amide bonds. The first-order valence-electron chi connectivity index (χ1n) is 17.6. The van der Waals surface area contributed by atoms with Gasteiger partial charge in [0, 0.05) is 44.1 Å². The molecule has 0 fully saturated rings. The molecule has 0 bridgehead atoms. The fraction of sp³-hybridized carbons (Fsp3) is 0.794. The fourth-order valence-electron chi connectivity index (χ4n) is 4.18. The molecule has 0 aromatic rings. The zero-order chi connectivity index (χ0) is 37.5. The SMILES string of the molecule is CC(C)NC(=O)[C@@H](NC(=O)CCOCCOCCOCCOCCOCCOCCOCCOCCNC(=O)CCN1C(=O)C=CC1=O)C(C)C. The van der Waals surface area contributed by atoms with E-state index in [-0.39, 0.29) is 55.7 Å². The number of hydrogen-bond acceptors (Lipinski definition) is 13. The second-order valence-electron chi connectivity index (χ2n) is 11.9. The van der Waals surface area contributed by atoms with Gasteiger partial charge in [0.05, 0.1) is 106 Å². The van der Waals surface area contributed by atoms with Crippen molar-refractivity contribution in [2.45, 2.75) is 52.6 Å². The minimum absolute atomic E-state index is 0.00592. The number of nitrogens with zero attached hydrogens (tertiary/aromatic N) is 1. The highest BCUT2D eigenvalue weighted by molar-refractivity contribution is 6.13. The summed E-state index contributed by atoms with van der Waals surface area (Å²) in [4.78, 5) is 60.1. The van der Waals surface area contributed by atoms with Crippen molar-refractivity contribution in [2.75, 3.05) is 119 Å². The standard InChI is InChI=1S/C34H60N4O13/c1-27(2)33(34(43)36-28(3)4)37-30(40)8-11-44-13-15-46-17-19-48-21-23-50-25-26-51-24-22-49-20-18-47-16-14-45-12-9-35-29(39)7-10-38-31(41)5-6-32(38)42/h5-6,27-28,33H,7-26H2,1-4H3,(H,35,39)(H,36,43)(H,37,40)/t33-/m0/s1. The Labute approximate surface area is 301 Å². The number of carbonyl (C=O) groups excluding carboxylic acids is 5. The number of amides is 5. The van der Waals surface area contributed by atoms with Crippen LogP contribution in [0, 0.1) is 5.92 Å². The number of imide groups is 1. The van der Waals surface area contributed by atoms with Gasteiger partial charge in [0.1, 0.15) is 6.04 Å². The summed E-state index contributed by atoms with van der Waals surface area (Å²) >= 11 is 0. The summed E-state index contributed by atoms with van der Waals surface area (Å²) < 4.78 is 43.5. The third-order valence-corrected chi connectivity index (χ3v) is 6.81. The Kier molecular flexibility index (Phi) is 27.6. The molecule has 1 aliphatic heterocycles. The fourth-order valence-corrected chi connectivity index (χ4v) is 4.18. The lowest BCUT2D eigenvalue weighted by Crippen LogP contribution is -2.51. The summed E-state index contributed by atoms with van der Waals surface area (Å²) in [5.74, 6) is -1.50. The first kappa shape index (κ1) is 46.0. The molecule has 294 valence electrons. The van der Waals surface area contributed by atoms with Crippen molar-refractivity contribution in [3.05, 3.63) is 12.2 Å². The molecule has 1 heterocycles. The monoisotopic (exact) mass is 732 g/mol. The number of ether oxygens (including phenoxy) is 8. The van der Waals surface area contributed by atoms with Gasteiger partial charge in [-0.3, -0.25) is 28.9 Å². The van der Waals surface area contributed by atoms with Crippen molar-refractivity contribution < 1.29 is 61.9 Å². The van der Waals surface area contributed by atoms with Gasteiger partial charge in [0.25, 0.3) is 11.8 Å². The summed E-state index contributed by atoms with van der Waals surface area (Å²) in [5, 5.41) is 8.27. The Hall–Kier alpha value is -3.03. The van der Waals surface area contributed by atoms with Crippen LogP contribution in [-0.2, 0) is 61.9 Å². The molecular formula is C34H60N4O13. The highest BCUT2D eigenvalue weighted by atomic mass is 16.6. The zero-order valence-corrected chi connectivity index (χ0v) is 30.8.